The molecule has 0 fully saturated rings. The second-order valence-electron chi connectivity index (χ2n) is 5.28. The third-order valence-electron chi connectivity index (χ3n) is 2.59. The summed E-state index contributed by atoms with van der Waals surface area (Å²) in [4.78, 5) is 1.24. The van der Waals surface area contributed by atoms with Crippen molar-refractivity contribution in [3.05, 3.63) is 42.0 Å². The van der Waals surface area contributed by atoms with E-state index in [-0.39, 0.29) is 10.6 Å². The minimum atomic E-state index is 0.124. The van der Waals surface area contributed by atoms with Crippen LogP contribution in [-0.4, -0.2) is 10.6 Å². The standard InChI is InChI=1S/C15H18N2S/c1-15(2,3)18-13-9-8-12(14(16)17)10-6-4-5-7-11(10)13/h4-9H,1-3H3,(H3,16,17). The first kappa shape index (κ1) is 13.0. The maximum absolute atomic E-state index is 7.64. The monoisotopic (exact) mass is 258 g/mol. The first-order valence-corrected chi connectivity index (χ1v) is 6.75. The van der Waals surface area contributed by atoms with Gasteiger partial charge in [-0.1, -0.05) is 45.0 Å². The highest BCUT2D eigenvalue weighted by Gasteiger charge is 2.15. The highest BCUT2D eigenvalue weighted by atomic mass is 32.2. The molecule has 0 aliphatic carbocycles. The summed E-state index contributed by atoms with van der Waals surface area (Å²) in [5.41, 5.74) is 6.44. The summed E-state index contributed by atoms with van der Waals surface area (Å²) < 4.78 is 0.167. The van der Waals surface area contributed by atoms with E-state index in [1.54, 1.807) is 0 Å². The van der Waals surface area contributed by atoms with Crippen molar-refractivity contribution in [2.24, 2.45) is 5.73 Å². The molecule has 0 bridgehead atoms. The maximum atomic E-state index is 7.64. The fourth-order valence-corrected chi connectivity index (χ4v) is 3.01. The van der Waals surface area contributed by atoms with Gasteiger partial charge in [-0.3, -0.25) is 5.41 Å². The number of hydrogen-bond acceptors (Lipinski definition) is 2. The van der Waals surface area contributed by atoms with Gasteiger partial charge in [-0.25, -0.2) is 0 Å². The second-order valence-corrected chi connectivity index (χ2v) is 7.15. The molecule has 0 atom stereocenters. The van der Waals surface area contributed by atoms with Crippen LogP contribution >= 0.6 is 11.8 Å². The van der Waals surface area contributed by atoms with Crippen LogP contribution in [0, 0.1) is 5.41 Å². The van der Waals surface area contributed by atoms with Gasteiger partial charge >= 0.3 is 0 Å². The summed E-state index contributed by atoms with van der Waals surface area (Å²) in [5, 5.41) is 9.87. The number of benzene rings is 2. The molecule has 3 N–H and O–H groups in total. The Kier molecular flexibility index (Phi) is 3.35. The predicted octanol–water partition coefficient (Wildman–Crippen LogP) is 4.01. The van der Waals surface area contributed by atoms with Crippen LogP contribution < -0.4 is 5.73 Å². The lowest BCUT2D eigenvalue weighted by Gasteiger charge is -2.19. The number of fused-ring (bicyclic) bond motifs is 1. The van der Waals surface area contributed by atoms with Crippen LogP contribution in [0.1, 0.15) is 26.3 Å². The lowest BCUT2D eigenvalue weighted by molar-refractivity contribution is 0.803. The number of nitrogens with two attached hydrogens (primary N) is 1. The summed E-state index contributed by atoms with van der Waals surface area (Å²) >= 11 is 1.84. The molecule has 3 heteroatoms. The fourth-order valence-electron chi connectivity index (χ4n) is 1.93. The fraction of sp³-hybridized carbons (Fsp3) is 0.267. The summed E-state index contributed by atoms with van der Waals surface area (Å²) in [6, 6.07) is 12.1. The SMILES string of the molecule is CC(C)(C)Sc1ccc(C(=N)N)c2ccccc12. The van der Waals surface area contributed by atoms with Crippen molar-refractivity contribution in [1.82, 2.24) is 0 Å². The van der Waals surface area contributed by atoms with Crippen molar-refractivity contribution < 1.29 is 0 Å². The van der Waals surface area contributed by atoms with Gasteiger partial charge in [0, 0.05) is 15.2 Å². The summed E-state index contributed by atoms with van der Waals surface area (Å²) in [6.45, 7) is 6.60. The predicted molar refractivity (Wildman–Crippen MR) is 80.6 cm³/mol. The van der Waals surface area contributed by atoms with Crippen LogP contribution in [0.15, 0.2) is 41.3 Å². The van der Waals surface area contributed by atoms with E-state index < -0.39 is 0 Å². The molecule has 0 saturated carbocycles. The van der Waals surface area contributed by atoms with E-state index in [0.29, 0.717) is 0 Å². The van der Waals surface area contributed by atoms with Crippen molar-refractivity contribution in [2.75, 3.05) is 0 Å². The Morgan fingerprint density at radius 3 is 2.22 bits per heavy atom. The largest absolute Gasteiger partial charge is 0.384 e. The third-order valence-corrected chi connectivity index (χ3v) is 3.78. The molecule has 2 rings (SSSR count). The number of rotatable bonds is 2. The van der Waals surface area contributed by atoms with Crippen LogP contribution in [0.2, 0.25) is 0 Å². The molecule has 0 aromatic heterocycles. The Bertz CT molecular complexity index is 597. The molecule has 18 heavy (non-hydrogen) atoms. The van der Waals surface area contributed by atoms with Gasteiger partial charge in [0.05, 0.1) is 0 Å². The number of hydrogen-bond donors (Lipinski definition) is 2. The van der Waals surface area contributed by atoms with E-state index in [9.17, 15) is 0 Å². The lowest BCUT2D eigenvalue weighted by Crippen LogP contribution is -2.12. The molecular weight excluding hydrogens is 240 g/mol. The number of nitrogens with one attached hydrogen (secondary N) is 1. The van der Waals surface area contributed by atoms with E-state index in [1.165, 1.54) is 10.3 Å². The van der Waals surface area contributed by atoms with Crippen molar-refractivity contribution in [1.29, 1.82) is 5.41 Å². The zero-order chi connectivity index (χ0) is 13.3. The molecule has 2 aromatic rings. The molecular formula is C15H18N2S. The van der Waals surface area contributed by atoms with Crippen molar-refractivity contribution in [2.45, 2.75) is 30.4 Å². The van der Waals surface area contributed by atoms with Gasteiger partial charge in [0.25, 0.3) is 0 Å². The van der Waals surface area contributed by atoms with Crippen molar-refractivity contribution in [3.8, 4) is 0 Å². The van der Waals surface area contributed by atoms with E-state index in [1.807, 2.05) is 36.0 Å². The average Bonchev–Trinajstić information content (AvgIpc) is 2.27. The van der Waals surface area contributed by atoms with Crippen LogP contribution in [0.5, 0.6) is 0 Å². The van der Waals surface area contributed by atoms with Gasteiger partial charge in [-0.05, 0) is 22.9 Å². The van der Waals surface area contributed by atoms with E-state index in [2.05, 4.69) is 32.9 Å². The van der Waals surface area contributed by atoms with E-state index >= 15 is 0 Å². The molecule has 0 spiro atoms. The van der Waals surface area contributed by atoms with Gasteiger partial charge in [0.2, 0.25) is 0 Å². The molecule has 0 aliphatic heterocycles. The summed E-state index contributed by atoms with van der Waals surface area (Å²) in [5.74, 6) is 0.124. The molecule has 0 heterocycles. The van der Waals surface area contributed by atoms with Crippen LogP contribution in [0.4, 0.5) is 0 Å². The zero-order valence-corrected chi connectivity index (χ0v) is 11.8. The van der Waals surface area contributed by atoms with Gasteiger partial charge in [-0.15, -0.1) is 11.8 Å². The Hall–Kier alpha value is -1.48. The number of thioether (sulfide) groups is 1. The Balaban J connectivity index is 2.65. The number of amidine groups is 1. The van der Waals surface area contributed by atoms with Crippen LogP contribution in [0.25, 0.3) is 10.8 Å². The highest BCUT2D eigenvalue weighted by Crippen LogP contribution is 2.37. The Morgan fingerprint density at radius 1 is 1.06 bits per heavy atom. The molecule has 0 saturated heterocycles. The topological polar surface area (TPSA) is 49.9 Å². The minimum absolute atomic E-state index is 0.124. The molecule has 0 radical (unpaired) electrons. The Morgan fingerprint density at radius 2 is 1.67 bits per heavy atom. The van der Waals surface area contributed by atoms with Gasteiger partial charge < -0.3 is 5.73 Å². The summed E-state index contributed by atoms with van der Waals surface area (Å²) in [7, 11) is 0. The number of nitrogen functional groups attached to an aromatic ring is 1. The third kappa shape index (κ3) is 2.67. The molecule has 94 valence electrons. The lowest BCUT2D eigenvalue weighted by atomic mass is 10.0. The van der Waals surface area contributed by atoms with Gasteiger partial charge in [-0.2, -0.15) is 0 Å². The highest BCUT2D eigenvalue weighted by molar-refractivity contribution is 8.00. The van der Waals surface area contributed by atoms with E-state index in [4.69, 9.17) is 11.1 Å². The molecule has 0 amide bonds. The Labute approximate surface area is 112 Å². The van der Waals surface area contributed by atoms with Crippen LogP contribution in [0.3, 0.4) is 0 Å². The van der Waals surface area contributed by atoms with Crippen molar-refractivity contribution in [3.63, 3.8) is 0 Å². The van der Waals surface area contributed by atoms with Crippen LogP contribution in [-0.2, 0) is 0 Å². The molecule has 0 unspecified atom stereocenters. The average molecular weight is 258 g/mol. The zero-order valence-electron chi connectivity index (χ0n) is 10.9. The normalized spacial score (nSPS) is 11.7. The first-order chi connectivity index (χ1) is 8.38. The quantitative estimate of drug-likeness (QED) is 0.485. The first-order valence-electron chi connectivity index (χ1n) is 5.93. The summed E-state index contributed by atoms with van der Waals surface area (Å²) in [6.07, 6.45) is 0. The van der Waals surface area contributed by atoms with Gasteiger partial charge in [0.15, 0.2) is 0 Å². The van der Waals surface area contributed by atoms with Crippen molar-refractivity contribution >= 4 is 28.4 Å². The van der Waals surface area contributed by atoms with Gasteiger partial charge in [0.1, 0.15) is 5.84 Å². The molecule has 0 aliphatic rings. The maximum Gasteiger partial charge on any atom is 0.123 e. The second kappa shape index (κ2) is 4.65. The minimum Gasteiger partial charge on any atom is -0.384 e. The van der Waals surface area contributed by atoms with E-state index in [0.717, 1.165) is 10.9 Å². The smallest absolute Gasteiger partial charge is 0.123 e. The molecule has 2 nitrogen and oxygen atoms in total. The molecule has 2 aromatic carbocycles.